The minimum absolute atomic E-state index is 0.180. The number of aliphatic carboxylic acids is 1. The fraction of sp³-hybridized carbons (Fsp3) is 0.143. The Bertz CT molecular complexity index is 974. The van der Waals surface area contributed by atoms with Gasteiger partial charge in [-0.1, -0.05) is 60.7 Å². The number of fused-ring (bicyclic) bond motifs is 2. The molecule has 1 amide bonds. The summed E-state index contributed by atoms with van der Waals surface area (Å²) in [6, 6.07) is 20.4. The first-order valence-electron chi connectivity index (χ1n) is 8.24. The van der Waals surface area contributed by atoms with Crippen molar-refractivity contribution in [3.63, 3.8) is 0 Å². The van der Waals surface area contributed by atoms with Crippen LogP contribution in [0.15, 0.2) is 66.7 Å². The molecule has 1 N–H and O–H groups in total. The zero-order valence-electron chi connectivity index (χ0n) is 13.6. The summed E-state index contributed by atoms with van der Waals surface area (Å²) >= 11 is 0. The Hall–Kier alpha value is -3.14. The van der Waals surface area contributed by atoms with Crippen LogP contribution in [-0.4, -0.2) is 23.0 Å². The highest BCUT2D eigenvalue weighted by Crippen LogP contribution is 2.33. The first-order chi connectivity index (χ1) is 12.1. The molecule has 3 aromatic rings. The average Bonchev–Trinajstić information content (AvgIpc) is 3.02. The smallest absolute Gasteiger partial charge is 0.327 e. The van der Waals surface area contributed by atoms with Crippen molar-refractivity contribution in [3.8, 4) is 0 Å². The van der Waals surface area contributed by atoms with Crippen LogP contribution < -0.4 is 4.90 Å². The third kappa shape index (κ3) is 2.66. The van der Waals surface area contributed by atoms with E-state index in [-0.39, 0.29) is 12.3 Å². The average molecular weight is 331 g/mol. The summed E-state index contributed by atoms with van der Waals surface area (Å²) in [7, 11) is 0. The van der Waals surface area contributed by atoms with E-state index in [0.29, 0.717) is 12.1 Å². The van der Waals surface area contributed by atoms with E-state index in [9.17, 15) is 14.7 Å². The summed E-state index contributed by atoms with van der Waals surface area (Å²) in [6.45, 7) is 0. The zero-order valence-corrected chi connectivity index (χ0v) is 13.6. The quantitative estimate of drug-likeness (QED) is 0.800. The van der Waals surface area contributed by atoms with Gasteiger partial charge >= 0.3 is 5.97 Å². The molecule has 0 saturated carbocycles. The van der Waals surface area contributed by atoms with E-state index >= 15 is 0 Å². The third-order valence-electron chi connectivity index (χ3n) is 4.75. The Kier molecular flexibility index (Phi) is 3.73. The number of anilines is 1. The number of carboxylic acid groups (broad SMARTS) is 1. The van der Waals surface area contributed by atoms with Crippen molar-refractivity contribution in [2.45, 2.75) is 18.9 Å². The maximum Gasteiger partial charge on any atom is 0.327 e. The molecule has 3 aromatic carbocycles. The number of hydrogen-bond donors (Lipinski definition) is 1. The first kappa shape index (κ1) is 15.4. The fourth-order valence-electron chi connectivity index (χ4n) is 3.59. The summed E-state index contributed by atoms with van der Waals surface area (Å²) in [5.74, 6) is -1.16. The van der Waals surface area contributed by atoms with Crippen LogP contribution in [0.4, 0.5) is 5.69 Å². The standard InChI is InChI=1S/C21H17NO3/c23-20(13-15-9-5-8-14-6-1-3-10-17(14)15)22-18-11-4-2-7-16(18)12-19(22)21(24)25/h1-11,19H,12-13H2,(H,24,25). The Balaban J connectivity index is 1.71. The van der Waals surface area contributed by atoms with Gasteiger partial charge in [-0.15, -0.1) is 0 Å². The number of carboxylic acids is 1. The third-order valence-corrected chi connectivity index (χ3v) is 4.75. The van der Waals surface area contributed by atoms with Gasteiger partial charge in [-0.25, -0.2) is 4.79 Å². The monoisotopic (exact) mass is 331 g/mol. The van der Waals surface area contributed by atoms with Gasteiger partial charge in [0.25, 0.3) is 0 Å². The van der Waals surface area contributed by atoms with Gasteiger partial charge in [0.15, 0.2) is 0 Å². The second kappa shape index (κ2) is 6.06. The predicted molar refractivity (Wildman–Crippen MR) is 96.7 cm³/mol. The number of rotatable bonds is 3. The van der Waals surface area contributed by atoms with Crippen LogP contribution in [0.25, 0.3) is 10.8 Å². The van der Waals surface area contributed by atoms with E-state index in [1.807, 2.05) is 66.7 Å². The molecule has 1 aliphatic rings. The molecule has 4 heteroatoms. The second-order valence-corrected chi connectivity index (χ2v) is 6.27. The lowest BCUT2D eigenvalue weighted by molar-refractivity contribution is -0.139. The number of carbonyl (C=O) groups excluding carboxylic acids is 1. The topological polar surface area (TPSA) is 57.6 Å². The van der Waals surface area contributed by atoms with Crippen LogP contribution >= 0.6 is 0 Å². The summed E-state index contributed by atoms with van der Waals surface area (Å²) < 4.78 is 0. The first-order valence-corrected chi connectivity index (χ1v) is 8.24. The molecule has 1 aliphatic heterocycles. The lowest BCUT2D eigenvalue weighted by Crippen LogP contribution is -2.43. The molecule has 4 nitrogen and oxygen atoms in total. The van der Waals surface area contributed by atoms with Gasteiger partial charge in [-0.3, -0.25) is 9.69 Å². The molecule has 0 radical (unpaired) electrons. The summed E-state index contributed by atoms with van der Waals surface area (Å²) in [5.41, 5.74) is 2.53. The van der Waals surface area contributed by atoms with Crippen LogP contribution in [0.5, 0.6) is 0 Å². The lowest BCUT2D eigenvalue weighted by atomic mass is 10.0. The van der Waals surface area contributed by atoms with Gasteiger partial charge in [-0.2, -0.15) is 0 Å². The summed E-state index contributed by atoms with van der Waals surface area (Å²) in [5, 5.41) is 11.6. The molecular weight excluding hydrogens is 314 g/mol. The fourth-order valence-corrected chi connectivity index (χ4v) is 3.59. The van der Waals surface area contributed by atoms with E-state index in [1.165, 1.54) is 4.90 Å². The molecule has 25 heavy (non-hydrogen) atoms. The van der Waals surface area contributed by atoms with Crippen LogP contribution in [0.1, 0.15) is 11.1 Å². The van der Waals surface area contributed by atoms with Gasteiger partial charge in [0.1, 0.15) is 6.04 Å². The molecule has 0 saturated heterocycles. The SMILES string of the molecule is O=C(O)C1Cc2ccccc2N1C(=O)Cc1cccc2ccccc12. The van der Waals surface area contributed by atoms with E-state index in [1.54, 1.807) is 0 Å². The molecule has 0 spiro atoms. The maximum absolute atomic E-state index is 13.0. The van der Waals surface area contributed by atoms with Crippen molar-refractivity contribution in [1.29, 1.82) is 0 Å². The highest BCUT2D eigenvalue weighted by molar-refractivity contribution is 6.04. The van der Waals surface area contributed by atoms with Crippen molar-refractivity contribution in [1.82, 2.24) is 0 Å². The number of carbonyl (C=O) groups is 2. The molecule has 1 heterocycles. The molecule has 0 aromatic heterocycles. The van der Waals surface area contributed by atoms with Crippen molar-refractivity contribution in [2.24, 2.45) is 0 Å². The van der Waals surface area contributed by atoms with Crippen molar-refractivity contribution >= 4 is 28.3 Å². The van der Waals surface area contributed by atoms with Crippen LogP contribution in [0.2, 0.25) is 0 Å². The van der Waals surface area contributed by atoms with Gasteiger partial charge in [0, 0.05) is 12.1 Å². The van der Waals surface area contributed by atoms with Crippen LogP contribution in [0, 0.1) is 0 Å². The molecule has 1 unspecified atom stereocenters. The normalized spacial score (nSPS) is 16.0. The number of hydrogen-bond acceptors (Lipinski definition) is 2. The van der Waals surface area contributed by atoms with E-state index in [2.05, 4.69) is 0 Å². The van der Waals surface area contributed by atoms with E-state index in [4.69, 9.17) is 0 Å². The molecular formula is C21H17NO3. The van der Waals surface area contributed by atoms with Crippen molar-refractivity contribution in [3.05, 3.63) is 77.9 Å². The number of nitrogens with zero attached hydrogens (tertiary/aromatic N) is 1. The van der Waals surface area contributed by atoms with Crippen molar-refractivity contribution < 1.29 is 14.7 Å². The Morgan fingerprint density at radius 2 is 1.68 bits per heavy atom. The molecule has 0 aliphatic carbocycles. The molecule has 0 bridgehead atoms. The maximum atomic E-state index is 13.0. The second-order valence-electron chi connectivity index (χ2n) is 6.27. The molecule has 0 fully saturated rings. The Morgan fingerprint density at radius 1 is 0.960 bits per heavy atom. The zero-order chi connectivity index (χ0) is 17.4. The summed E-state index contributed by atoms with van der Waals surface area (Å²) in [4.78, 5) is 26.1. The Labute approximate surface area is 145 Å². The number of amides is 1. The van der Waals surface area contributed by atoms with Crippen molar-refractivity contribution in [2.75, 3.05) is 4.90 Å². The van der Waals surface area contributed by atoms with E-state index in [0.717, 1.165) is 21.9 Å². The Morgan fingerprint density at radius 3 is 2.52 bits per heavy atom. The largest absolute Gasteiger partial charge is 0.480 e. The minimum atomic E-state index is -0.970. The summed E-state index contributed by atoms with van der Waals surface area (Å²) in [6.07, 6.45) is 0.534. The lowest BCUT2D eigenvalue weighted by Gasteiger charge is -2.23. The minimum Gasteiger partial charge on any atom is -0.480 e. The predicted octanol–water partition coefficient (Wildman–Crippen LogP) is 3.42. The van der Waals surface area contributed by atoms with Gasteiger partial charge in [0.05, 0.1) is 6.42 Å². The molecule has 1 atom stereocenters. The molecule has 124 valence electrons. The molecule has 4 rings (SSSR count). The van der Waals surface area contributed by atoms with Crippen LogP contribution in [-0.2, 0) is 22.4 Å². The van der Waals surface area contributed by atoms with Gasteiger partial charge in [0.2, 0.25) is 5.91 Å². The highest BCUT2D eigenvalue weighted by Gasteiger charge is 2.38. The van der Waals surface area contributed by atoms with Gasteiger partial charge < -0.3 is 5.11 Å². The highest BCUT2D eigenvalue weighted by atomic mass is 16.4. The van der Waals surface area contributed by atoms with Gasteiger partial charge in [-0.05, 0) is 28.0 Å². The van der Waals surface area contributed by atoms with E-state index < -0.39 is 12.0 Å². The van der Waals surface area contributed by atoms with Crippen LogP contribution in [0.3, 0.4) is 0 Å². The number of benzene rings is 3. The number of para-hydroxylation sites is 1.